The first kappa shape index (κ1) is 19.3. The van der Waals surface area contributed by atoms with Gasteiger partial charge in [0.05, 0.1) is 9.88 Å². The molecule has 1 unspecified atom stereocenters. The Morgan fingerprint density at radius 2 is 2.07 bits per heavy atom. The van der Waals surface area contributed by atoms with Gasteiger partial charge in [-0.05, 0) is 19.4 Å². The van der Waals surface area contributed by atoms with Gasteiger partial charge in [-0.2, -0.15) is 0 Å². The van der Waals surface area contributed by atoms with E-state index in [1.165, 1.54) is 6.42 Å². The van der Waals surface area contributed by atoms with Crippen molar-refractivity contribution in [2.24, 2.45) is 7.05 Å². The molecule has 4 heterocycles. The van der Waals surface area contributed by atoms with Crippen molar-refractivity contribution < 1.29 is 0 Å². The van der Waals surface area contributed by atoms with E-state index in [0.29, 0.717) is 6.04 Å². The van der Waals surface area contributed by atoms with Crippen LogP contribution in [0.4, 0.5) is 5.82 Å². The lowest BCUT2D eigenvalue weighted by atomic mass is 9.98. The molecule has 3 aromatic heterocycles. The van der Waals surface area contributed by atoms with Gasteiger partial charge in [-0.25, -0.2) is 19.9 Å². The average molecular weight is 400 g/mol. The van der Waals surface area contributed by atoms with E-state index in [9.17, 15) is 0 Å². The van der Waals surface area contributed by atoms with Crippen molar-refractivity contribution in [2.45, 2.75) is 52.0 Å². The van der Waals surface area contributed by atoms with E-state index in [1.54, 1.807) is 17.7 Å². The molecule has 1 aliphatic heterocycles. The summed E-state index contributed by atoms with van der Waals surface area (Å²) in [6.45, 7) is 12.1. The summed E-state index contributed by atoms with van der Waals surface area (Å²) in [5.41, 5.74) is 1.72. The predicted octanol–water partition coefficient (Wildman–Crippen LogP) is 3.68. The Bertz CT molecular complexity index is 969. The number of aromatic nitrogens is 5. The first-order valence-electron chi connectivity index (χ1n) is 9.99. The first-order chi connectivity index (χ1) is 13.4. The highest BCUT2D eigenvalue weighted by Crippen LogP contribution is 2.34. The second kappa shape index (κ2) is 7.40. The number of hydrogen-bond acceptors (Lipinski definition) is 7. The molecule has 0 spiro atoms. The maximum atomic E-state index is 4.91. The molecule has 1 fully saturated rings. The number of nitrogens with zero attached hydrogens (tertiary/aromatic N) is 6. The second-order valence-corrected chi connectivity index (χ2v) is 9.63. The van der Waals surface area contributed by atoms with E-state index in [0.717, 1.165) is 58.7 Å². The monoisotopic (exact) mass is 399 g/mol. The number of likely N-dealkylation sites (tertiary alicyclic amines) is 1. The minimum atomic E-state index is 0.0346. The van der Waals surface area contributed by atoms with Crippen molar-refractivity contribution >= 4 is 28.3 Å². The molecule has 8 heteroatoms. The molecule has 4 rings (SSSR count). The third-order valence-corrected chi connectivity index (χ3v) is 6.60. The van der Waals surface area contributed by atoms with Crippen LogP contribution >= 0.6 is 11.3 Å². The SMILES string of the molecule is CCCN1CCC(Nc2ncnc3c2nc(-c2cnc(C(C)(C)C)s2)n3C)C1. The van der Waals surface area contributed by atoms with Gasteiger partial charge in [0, 0.05) is 37.8 Å². The molecule has 3 aromatic rings. The maximum Gasteiger partial charge on any atom is 0.165 e. The van der Waals surface area contributed by atoms with Crippen LogP contribution in [0.5, 0.6) is 0 Å². The molecule has 0 radical (unpaired) electrons. The zero-order valence-corrected chi connectivity index (χ0v) is 18.2. The number of thiazole rings is 1. The smallest absolute Gasteiger partial charge is 0.165 e. The number of hydrogen-bond donors (Lipinski definition) is 1. The van der Waals surface area contributed by atoms with Gasteiger partial charge in [0.1, 0.15) is 6.33 Å². The Balaban J connectivity index is 1.64. The highest BCUT2D eigenvalue weighted by atomic mass is 32.1. The molecule has 0 bridgehead atoms. The summed E-state index contributed by atoms with van der Waals surface area (Å²) in [5.74, 6) is 1.72. The number of imidazole rings is 1. The fourth-order valence-corrected chi connectivity index (χ4v) is 4.71. The molecule has 0 aliphatic carbocycles. The minimum absolute atomic E-state index is 0.0346. The predicted molar refractivity (Wildman–Crippen MR) is 115 cm³/mol. The van der Waals surface area contributed by atoms with Crippen LogP contribution in [-0.2, 0) is 12.5 Å². The minimum Gasteiger partial charge on any atom is -0.364 e. The quantitative estimate of drug-likeness (QED) is 0.706. The number of rotatable bonds is 5. The summed E-state index contributed by atoms with van der Waals surface area (Å²) in [5, 5.41) is 4.72. The van der Waals surface area contributed by atoms with Gasteiger partial charge in [-0.15, -0.1) is 11.3 Å². The van der Waals surface area contributed by atoms with Gasteiger partial charge in [0.2, 0.25) is 0 Å². The van der Waals surface area contributed by atoms with E-state index < -0.39 is 0 Å². The first-order valence-corrected chi connectivity index (χ1v) is 10.8. The molecule has 150 valence electrons. The van der Waals surface area contributed by atoms with Gasteiger partial charge in [0.25, 0.3) is 0 Å². The van der Waals surface area contributed by atoms with E-state index in [1.807, 2.05) is 17.8 Å². The molecular formula is C20H29N7S. The van der Waals surface area contributed by atoms with Crippen LogP contribution < -0.4 is 5.32 Å². The van der Waals surface area contributed by atoms with Gasteiger partial charge >= 0.3 is 0 Å². The van der Waals surface area contributed by atoms with Gasteiger partial charge in [-0.1, -0.05) is 27.7 Å². The van der Waals surface area contributed by atoms with Crippen molar-refractivity contribution in [3.05, 3.63) is 17.5 Å². The van der Waals surface area contributed by atoms with Crippen molar-refractivity contribution in [1.82, 2.24) is 29.4 Å². The zero-order chi connectivity index (χ0) is 19.9. The van der Waals surface area contributed by atoms with Crippen LogP contribution in [0.2, 0.25) is 0 Å². The van der Waals surface area contributed by atoms with Crippen LogP contribution in [0, 0.1) is 0 Å². The molecule has 1 N–H and O–H groups in total. The van der Waals surface area contributed by atoms with Gasteiger partial charge < -0.3 is 14.8 Å². The van der Waals surface area contributed by atoms with E-state index in [2.05, 4.69) is 52.9 Å². The fourth-order valence-electron chi connectivity index (χ4n) is 3.71. The topological polar surface area (TPSA) is 71.8 Å². The highest BCUT2D eigenvalue weighted by molar-refractivity contribution is 7.15. The molecule has 0 amide bonds. The van der Waals surface area contributed by atoms with Crippen molar-refractivity contribution in [3.63, 3.8) is 0 Å². The summed E-state index contributed by atoms with van der Waals surface area (Å²) in [4.78, 5) is 22.1. The van der Waals surface area contributed by atoms with Crippen molar-refractivity contribution in [1.29, 1.82) is 0 Å². The lowest BCUT2D eigenvalue weighted by Crippen LogP contribution is -2.27. The molecule has 1 aliphatic rings. The van der Waals surface area contributed by atoms with Crippen LogP contribution in [0.15, 0.2) is 12.5 Å². The summed E-state index contributed by atoms with van der Waals surface area (Å²) in [7, 11) is 2.01. The molecule has 0 aromatic carbocycles. The molecule has 7 nitrogen and oxygen atoms in total. The van der Waals surface area contributed by atoms with E-state index >= 15 is 0 Å². The van der Waals surface area contributed by atoms with Crippen molar-refractivity contribution in [3.8, 4) is 10.7 Å². The molecular weight excluding hydrogens is 370 g/mol. The fraction of sp³-hybridized carbons (Fsp3) is 0.600. The Kier molecular flexibility index (Phi) is 5.09. The van der Waals surface area contributed by atoms with E-state index in [4.69, 9.17) is 4.98 Å². The Labute approximate surface area is 170 Å². The van der Waals surface area contributed by atoms with Crippen LogP contribution in [0.3, 0.4) is 0 Å². The number of aryl methyl sites for hydroxylation is 1. The maximum absolute atomic E-state index is 4.91. The van der Waals surface area contributed by atoms with Gasteiger partial charge in [-0.3, -0.25) is 0 Å². The van der Waals surface area contributed by atoms with Crippen LogP contribution in [-0.4, -0.2) is 55.1 Å². The Hall–Kier alpha value is -2.06. The zero-order valence-electron chi connectivity index (χ0n) is 17.4. The lowest BCUT2D eigenvalue weighted by molar-refractivity contribution is 0.337. The number of fused-ring (bicyclic) bond motifs is 1. The Morgan fingerprint density at radius 1 is 1.25 bits per heavy atom. The Morgan fingerprint density at radius 3 is 2.79 bits per heavy atom. The molecule has 28 heavy (non-hydrogen) atoms. The summed E-state index contributed by atoms with van der Waals surface area (Å²) in [6.07, 6.45) is 5.88. The normalized spacial score (nSPS) is 18.2. The largest absolute Gasteiger partial charge is 0.364 e. The summed E-state index contributed by atoms with van der Waals surface area (Å²) < 4.78 is 2.04. The number of nitrogens with one attached hydrogen (secondary N) is 1. The van der Waals surface area contributed by atoms with Crippen LogP contribution in [0.1, 0.15) is 45.5 Å². The van der Waals surface area contributed by atoms with Crippen LogP contribution in [0.25, 0.3) is 21.9 Å². The standard InChI is InChI=1S/C20H29N7S/c1-6-8-27-9-7-13(11-27)24-16-15-18(23-12-22-16)26(5)17(25-15)14-10-21-19(28-14)20(2,3)4/h10,12-13H,6-9,11H2,1-5H3,(H,22,23,24). The van der Waals surface area contributed by atoms with Crippen molar-refractivity contribution in [2.75, 3.05) is 25.0 Å². The van der Waals surface area contributed by atoms with Gasteiger partial charge in [0.15, 0.2) is 22.8 Å². The second-order valence-electron chi connectivity index (χ2n) is 8.60. The van der Waals surface area contributed by atoms with E-state index in [-0.39, 0.29) is 5.41 Å². The molecule has 1 atom stereocenters. The number of anilines is 1. The average Bonchev–Trinajstić information content (AvgIpc) is 3.35. The third-order valence-electron chi connectivity index (χ3n) is 5.18. The summed E-state index contributed by atoms with van der Waals surface area (Å²) in [6, 6.07) is 0.408. The molecule has 1 saturated heterocycles. The lowest BCUT2D eigenvalue weighted by Gasteiger charge is -2.16. The summed E-state index contributed by atoms with van der Waals surface area (Å²) >= 11 is 1.70. The highest BCUT2D eigenvalue weighted by Gasteiger charge is 2.25. The molecule has 0 saturated carbocycles. The third kappa shape index (κ3) is 3.63.